The molecule has 0 bridgehead atoms. The summed E-state index contributed by atoms with van der Waals surface area (Å²) in [7, 11) is 0. The molecule has 0 aliphatic heterocycles. The van der Waals surface area contributed by atoms with Crippen molar-refractivity contribution in [1.29, 1.82) is 0 Å². The first kappa shape index (κ1) is 56.7. The lowest BCUT2D eigenvalue weighted by molar-refractivity contribution is -0.142. The number of unbranched alkanes of at least 4 members (excludes halogenated alkanes) is 14. The van der Waals surface area contributed by atoms with Gasteiger partial charge in [0.15, 0.2) is 0 Å². The number of Topliss-reactive ketones (excluding diaryl/α,β-unsaturated/α-hetero) is 1. The molecule has 60 heavy (non-hydrogen) atoms. The fourth-order valence-electron chi connectivity index (χ4n) is 6.11. The van der Waals surface area contributed by atoms with Crippen LogP contribution in [0.15, 0.2) is 0 Å². The Morgan fingerprint density at radius 1 is 0.483 bits per heavy atom. The molecular formula is C42H80N6O12. The molecule has 0 radical (unpaired) electrons. The van der Waals surface area contributed by atoms with E-state index in [-0.39, 0.29) is 75.0 Å². The Morgan fingerprint density at radius 2 is 0.967 bits per heavy atom. The molecule has 18 heteroatoms. The Balaban J connectivity index is 3.57. The number of rotatable bonds is 46. The highest BCUT2D eigenvalue weighted by Gasteiger charge is 2.21. The Morgan fingerprint density at radius 3 is 1.47 bits per heavy atom. The highest BCUT2D eigenvalue weighted by molar-refractivity contribution is 5.84. The number of ketones is 1. The van der Waals surface area contributed by atoms with Gasteiger partial charge < -0.3 is 50.4 Å². The van der Waals surface area contributed by atoms with Crippen molar-refractivity contribution in [2.45, 2.75) is 154 Å². The standard InChI is InChI=1S/C42H80N6O12/c1-35(49)36(48-43)18-16-17-23-45-40(52)34-60-33-32-58-28-25-44-24-27-57-30-31-59-29-26-46-38(50)22-21-37(42(55)56)47-39(51)19-14-12-10-8-6-4-2-3-5-7-9-11-13-15-20-41(53)54/h36-37,44,48H,2-34,43H2,1H3,(H,45,52)(H,46,50)(H,47,51)(H,53,54)(H,55,56). The van der Waals surface area contributed by atoms with Crippen LogP contribution in [0.25, 0.3) is 0 Å². The van der Waals surface area contributed by atoms with E-state index >= 15 is 0 Å². The summed E-state index contributed by atoms with van der Waals surface area (Å²) >= 11 is 0. The molecule has 350 valence electrons. The van der Waals surface area contributed by atoms with Gasteiger partial charge in [-0.15, -0.1) is 0 Å². The molecule has 0 aliphatic carbocycles. The van der Waals surface area contributed by atoms with Crippen LogP contribution < -0.4 is 32.5 Å². The summed E-state index contributed by atoms with van der Waals surface area (Å²) in [6.07, 6.45) is 17.8. The predicted molar refractivity (Wildman–Crippen MR) is 228 cm³/mol. The minimum atomic E-state index is -1.16. The van der Waals surface area contributed by atoms with Crippen molar-refractivity contribution in [1.82, 2.24) is 26.7 Å². The van der Waals surface area contributed by atoms with Crippen LogP contribution in [-0.4, -0.2) is 137 Å². The number of hydrazine groups is 1. The Hall–Kier alpha value is -3.26. The van der Waals surface area contributed by atoms with Gasteiger partial charge in [-0.3, -0.25) is 29.8 Å². The largest absolute Gasteiger partial charge is 0.481 e. The maximum Gasteiger partial charge on any atom is 0.326 e. The number of hydrogen-bond donors (Lipinski definition) is 8. The molecule has 0 heterocycles. The summed E-state index contributed by atoms with van der Waals surface area (Å²) in [5.74, 6) is 2.64. The van der Waals surface area contributed by atoms with Gasteiger partial charge in [0.05, 0.1) is 52.3 Å². The number of amides is 3. The zero-order valence-corrected chi connectivity index (χ0v) is 36.5. The third-order valence-electron chi connectivity index (χ3n) is 9.66. The van der Waals surface area contributed by atoms with E-state index in [0.29, 0.717) is 72.1 Å². The molecule has 0 aliphatic rings. The summed E-state index contributed by atoms with van der Waals surface area (Å²) in [6.45, 7) is 6.20. The first-order valence-corrected chi connectivity index (χ1v) is 22.3. The molecule has 2 unspecified atom stereocenters. The Bertz CT molecular complexity index is 1120. The number of nitrogens with two attached hydrogens (primary N) is 1. The van der Waals surface area contributed by atoms with E-state index in [1.807, 2.05) is 0 Å². The highest BCUT2D eigenvalue weighted by Crippen LogP contribution is 2.14. The van der Waals surface area contributed by atoms with Crippen molar-refractivity contribution in [3.05, 3.63) is 0 Å². The highest BCUT2D eigenvalue weighted by atomic mass is 16.5. The molecule has 9 N–H and O–H groups in total. The molecule has 2 atom stereocenters. The molecule has 3 amide bonds. The van der Waals surface area contributed by atoms with Crippen LogP contribution in [0, 0.1) is 0 Å². The lowest BCUT2D eigenvalue weighted by Gasteiger charge is -2.14. The van der Waals surface area contributed by atoms with Crippen molar-refractivity contribution < 1.29 is 57.9 Å². The van der Waals surface area contributed by atoms with E-state index in [1.165, 1.54) is 51.9 Å². The molecule has 18 nitrogen and oxygen atoms in total. The third kappa shape index (κ3) is 40.2. The van der Waals surface area contributed by atoms with E-state index in [1.54, 1.807) is 0 Å². The monoisotopic (exact) mass is 861 g/mol. The first-order chi connectivity index (χ1) is 29.1. The molecule has 0 fully saturated rings. The zero-order valence-electron chi connectivity index (χ0n) is 36.5. The van der Waals surface area contributed by atoms with Crippen molar-refractivity contribution in [3.8, 4) is 0 Å². The number of carboxylic acid groups (broad SMARTS) is 2. The molecule has 0 spiro atoms. The number of aliphatic carboxylic acids is 2. The average molecular weight is 861 g/mol. The van der Waals surface area contributed by atoms with Gasteiger partial charge in [0.25, 0.3) is 0 Å². The van der Waals surface area contributed by atoms with Gasteiger partial charge in [-0.2, -0.15) is 0 Å². The Labute approximate surface area is 358 Å². The summed E-state index contributed by atoms with van der Waals surface area (Å²) in [5, 5.41) is 29.4. The van der Waals surface area contributed by atoms with Gasteiger partial charge in [0.2, 0.25) is 17.7 Å². The molecule has 0 aromatic carbocycles. The number of hydrogen-bond acceptors (Lipinski definition) is 13. The van der Waals surface area contributed by atoms with Gasteiger partial charge in [-0.25, -0.2) is 10.2 Å². The second kappa shape index (κ2) is 42.4. The van der Waals surface area contributed by atoms with Crippen molar-refractivity contribution >= 4 is 35.4 Å². The summed E-state index contributed by atoms with van der Waals surface area (Å²) in [5.41, 5.74) is 2.49. The lowest BCUT2D eigenvalue weighted by Crippen LogP contribution is -2.41. The van der Waals surface area contributed by atoms with Gasteiger partial charge in [-0.05, 0) is 45.4 Å². The molecule has 0 saturated carbocycles. The van der Waals surface area contributed by atoms with Gasteiger partial charge in [-0.1, -0.05) is 77.0 Å². The van der Waals surface area contributed by atoms with Crippen LogP contribution in [-0.2, 0) is 47.7 Å². The van der Waals surface area contributed by atoms with E-state index in [4.69, 9.17) is 29.9 Å². The minimum Gasteiger partial charge on any atom is -0.481 e. The summed E-state index contributed by atoms with van der Waals surface area (Å²) in [6, 6.07) is -1.47. The van der Waals surface area contributed by atoms with Crippen LogP contribution in [0.4, 0.5) is 0 Å². The number of carbonyl (C=O) groups excluding carboxylic acids is 4. The summed E-state index contributed by atoms with van der Waals surface area (Å²) in [4.78, 5) is 69.8. The first-order valence-electron chi connectivity index (χ1n) is 22.3. The lowest BCUT2D eigenvalue weighted by atomic mass is 10.0. The molecular weight excluding hydrogens is 780 g/mol. The maximum atomic E-state index is 12.3. The van der Waals surface area contributed by atoms with Crippen LogP contribution in [0.3, 0.4) is 0 Å². The molecule has 0 rings (SSSR count). The SMILES string of the molecule is CC(=O)C(CCCCNC(=O)COCCOCCNCCOCCOCCNC(=O)CCC(NC(=O)CCCCCCCCCCCCCCCCC(=O)O)C(=O)O)NN. The second-order valence-corrected chi connectivity index (χ2v) is 15.0. The smallest absolute Gasteiger partial charge is 0.326 e. The maximum absolute atomic E-state index is 12.3. The molecule has 0 saturated heterocycles. The predicted octanol–water partition coefficient (Wildman–Crippen LogP) is 3.14. The third-order valence-corrected chi connectivity index (χ3v) is 9.66. The van der Waals surface area contributed by atoms with Gasteiger partial charge in [0, 0.05) is 45.4 Å². The molecule has 0 aromatic rings. The number of nitrogens with one attached hydrogen (secondary N) is 5. The van der Waals surface area contributed by atoms with Gasteiger partial charge in [0.1, 0.15) is 18.4 Å². The summed E-state index contributed by atoms with van der Waals surface area (Å²) < 4.78 is 21.8. The quantitative estimate of drug-likeness (QED) is 0.0248. The van der Waals surface area contributed by atoms with E-state index in [2.05, 4.69) is 26.7 Å². The van der Waals surface area contributed by atoms with E-state index < -0.39 is 18.0 Å². The fraction of sp³-hybridized carbons (Fsp3) is 0.857. The van der Waals surface area contributed by atoms with E-state index in [0.717, 1.165) is 51.4 Å². The number of ether oxygens (including phenoxy) is 4. The van der Waals surface area contributed by atoms with Crippen LogP contribution in [0.1, 0.15) is 142 Å². The number of carbonyl (C=O) groups is 6. The second-order valence-electron chi connectivity index (χ2n) is 15.0. The van der Waals surface area contributed by atoms with Crippen molar-refractivity contribution in [2.75, 3.05) is 79.0 Å². The van der Waals surface area contributed by atoms with Crippen LogP contribution in [0.2, 0.25) is 0 Å². The van der Waals surface area contributed by atoms with Crippen molar-refractivity contribution in [3.63, 3.8) is 0 Å². The Kier molecular flexibility index (Phi) is 40.1. The van der Waals surface area contributed by atoms with Gasteiger partial charge >= 0.3 is 11.9 Å². The van der Waals surface area contributed by atoms with Crippen LogP contribution in [0.5, 0.6) is 0 Å². The topological polar surface area (TPSA) is 266 Å². The number of carboxylic acids is 2. The van der Waals surface area contributed by atoms with Crippen molar-refractivity contribution in [2.24, 2.45) is 5.84 Å². The minimum absolute atomic E-state index is 0.00555. The van der Waals surface area contributed by atoms with E-state index in [9.17, 15) is 33.9 Å². The molecule has 0 aromatic heterocycles. The fourth-order valence-corrected chi connectivity index (χ4v) is 6.11. The van der Waals surface area contributed by atoms with Crippen LogP contribution >= 0.6 is 0 Å². The zero-order chi connectivity index (χ0) is 44.3. The normalized spacial score (nSPS) is 12.2. The average Bonchev–Trinajstić information content (AvgIpc) is 3.21.